The topological polar surface area (TPSA) is 79.4 Å². The fourth-order valence-electron chi connectivity index (χ4n) is 3.80. The first-order chi connectivity index (χ1) is 15.5. The van der Waals surface area contributed by atoms with Crippen molar-refractivity contribution in [3.05, 3.63) is 83.4 Å². The summed E-state index contributed by atoms with van der Waals surface area (Å²) < 4.78 is 1.07. The number of hydrogen-bond donors (Lipinski definition) is 1. The molecule has 2 heterocycles. The van der Waals surface area contributed by atoms with E-state index in [1.807, 2.05) is 55.5 Å². The quantitative estimate of drug-likeness (QED) is 0.447. The summed E-state index contributed by atoms with van der Waals surface area (Å²) in [6.07, 6.45) is 0.0125. The fraction of sp³-hybridized carbons (Fsp3) is 0.120. The smallest absolute Gasteiger partial charge is 0.261 e. The van der Waals surface area contributed by atoms with Gasteiger partial charge in [0, 0.05) is 18.5 Å². The van der Waals surface area contributed by atoms with E-state index in [2.05, 4.69) is 10.3 Å². The molecule has 0 spiro atoms. The van der Waals surface area contributed by atoms with Crippen molar-refractivity contribution in [2.24, 2.45) is 0 Å². The van der Waals surface area contributed by atoms with E-state index in [4.69, 9.17) is 0 Å². The molecule has 1 aliphatic rings. The molecule has 0 fully saturated rings. The molecule has 0 atom stereocenters. The van der Waals surface area contributed by atoms with E-state index < -0.39 is 0 Å². The molecule has 0 saturated heterocycles. The van der Waals surface area contributed by atoms with Crippen molar-refractivity contribution in [1.29, 1.82) is 0 Å². The lowest BCUT2D eigenvalue weighted by molar-refractivity contribution is -0.116. The summed E-state index contributed by atoms with van der Waals surface area (Å²) in [7, 11) is 0. The van der Waals surface area contributed by atoms with Crippen LogP contribution in [-0.4, -0.2) is 34.2 Å². The Morgan fingerprint density at radius 1 is 0.938 bits per heavy atom. The van der Waals surface area contributed by atoms with Crippen LogP contribution in [0.5, 0.6) is 0 Å². The van der Waals surface area contributed by atoms with Crippen LogP contribution in [0.2, 0.25) is 0 Å². The molecule has 0 saturated carbocycles. The van der Waals surface area contributed by atoms with Gasteiger partial charge >= 0.3 is 0 Å². The van der Waals surface area contributed by atoms with Crippen LogP contribution in [0.3, 0.4) is 0 Å². The van der Waals surface area contributed by atoms with Crippen molar-refractivity contribution >= 4 is 45.0 Å². The van der Waals surface area contributed by atoms with Gasteiger partial charge in [-0.3, -0.25) is 19.3 Å². The van der Waals surface area contributed by atoms with Crippen molar-refractivity contribution in [3.63, 3.8) is 0 Å². The van der Waals surface area contributed by atoms with E-state index in [1.165, 1.54) is 0 Å². The standard InChI is InChI=1S/C25H19N3O3S/c1-15-10-11-16-18(14-15)25(31)28(24(16)30)13-12-22(29)26-19-7-3-2-6-17(19)23-27-20-8-4-5-9-21(20)32-23/h2-11,14H,12-13H2,1H3,(H,26,29). The molecule has 0 radical (unpaired) electrons. The maximum atomic E-state index is 12.7. The van der Waals surface area contributed by atoms with Gasteiger partial charge in [0.15, 0.2) is 0 Å². The zero-order valence-electron chi connectivity index (χ0n) is 17.3. The highest BCUT2D eigenvalue weighted by molar-refractivity contribution is 7.21. The largest absolute Gasteiger partial charge is 0.325 e. The summed E-state index contributed by atoms with van der Waals surface area (Å²) in [5.41, 5.74) is 4.09. The number of fused-ring (bicyclic) bond motifs is 2. The average Bonchev–Trinajstić information content (AvgIpc) is 3.32. The van der Waals surface area contributed by atoms with Gasteiger partial charge in [-0.05, 0) is 43.3 Å². The molecule has 158 valence electrons. The van der Waals surface area contributed by atoms with Crippen molar-refractivity contribution < 1.29 is 14.4 Å². The summed E-state index contributed by atoms with van der Waals surface area (Å²) in [6, 6.07) is 20.6. The Balaban J connectivity index is 1.30. The molecule has 6 nitrogen and oxygen atoms in total. The minimum absolute atomic E-state index is 0.0125. The van der Waals surface area contributed by atoms with Crippen molar-refractivity contribution in [2.75, 3.05) is 11.9 Å². The van der Waals surface area contributed by atoms with Crippen LogP contribution in [0.15, 0.2) is 66.7 Å². The number of imide groups is 1. The molecule has 32 heavy (non-hydrogen) atoms. The van der Waals surface area contributed by atoms with Gasteiger partial charge in [-0.1, -0.05) is 35.9 Å². The summed E-state index contributed by atoms with van der Waals surface area (Å²) in [5.74, 6) is -0.977. The maximum Gasteiger partial charge on any atom is 0.261 e. The second-order valence-electron chi connectivity index (χ2n) is 7.64. The number of aromatic nitrogens is 1. The van der Waals surface area contributed by atoms with Gasteiger partial charge < -0.3 is 5.32 Å². The Morgan fingerprint density at radius 2 is 1.69 bits per heavy atom. The van der Waals surface area contributed by atoms with E-state index in [0.29, 0.717) is 16.8 Å². The number of nitrogens with zero attached hydrogens (tertiary/aromatic N) is 2. The summed E-state index contributed by atoms with van der Waals surface area (Å²) >= 11 is 1.56. The summed E-state index contributed by atoms with van der Waals surface area (Å²) in [6.45, 7) is 1.90. The van der Waals surface area contributed by atoms with E-state index in [-0.39, 0.29) is 30.7 Å². The number of nitrogens with one attached hydrogen (secondary N) is 1. The lowest BCUT2D eigenvalue weighted by Crippen LogP contribution is -2.32. The number of amides is 3. The summed E-state index contributed by atoms with van der Waals surface area (Å²) in [5, 5.41) is 3.73. The molecule has 1 aliphatic heterocycles. The first-order valence-corrected chi connectivity index (χ1v) is 11.0. The highest BCUT2D eigenvalue weighted by Gasteiger charge is 2.35. The van der Waals surface area contributed by atoms with Gasteiger partial charge in [-0.2, -0.15) is 0 Å². The lowest BCUT2D eigenvalue weighted by Gasteiger charge is -2.14. The molecule has 1 N–H and O–H groups in total. The molecule has 1 aromatic heterocycles. The minimum atomic E-state index is -0.354. The predicted octanol–water partition coefficient (Wildman–Crippen LogP) is 4.90. The Bertz CT molecular complexity index is 1360. The highest BCUT2D eigenvalue weighted by atomic mass is 32.1. The third kappa shape index (κ3) is 3.56. The SMILES string of the molecule is Cc1ccc2c(c1)C(=O)N(CCC(=O)Nc1ccccc1-c1nc3ccccc3s1)C2=O. The molecule has 3 amide bonds. The Morgan fingerprint density at radius 3 is 2.53 bits per heavy atom. The third-order valence-electron chi connectivity index (χ3n) is 5.41. The number of benzene rings is 3. The molecule has 5 rings (SSSR count). The molecule has 3 aromatic carbocycles. The van der Waals surface area contributed by atoms with Crippen molar-refractivity contribution in [1.82, 2.24) is 9.88 Å². The number of hydrogen-bond acceptors (Lipinski definition) is 5. The van der Waals surface area contributed by atoms with E-state index in [0.717, 1.165) is 31.3 Å². The van der Waals surface area contributed by atoms with Gasteiger partial charge in [0.1, 0.15) is 5.01 Å². The van der Waals surface area contributed by atoms with Gasteiger partial charge in [0.25, 0.3) is 11.8 Å². The minimum Gasteiger partial charge on any atom is -0.325 e. The predicted molar refractivity (Wildman–Crippen MR) is 125 cm³/mol. The van der Waals surface area contributed by atoms with Gasteiger partial charge in [-0.15, -0.1) is 11.3 Å². The molecule has 7 heteroatoms. The normalized spacial score (nSPS) is 13.0. The van der Waals surface area contributed by atoms with Crippen LogP contribution in [0, 0.1) is 6.92 Å². The lowest BCUT2D eigenvalue weighted by atomic mass is 10.1. The van der Waals surface area contributed by atoms with Crippen LogP contribution >= 0.6 is 11.3 Å². The first kappa shape index (κ1) is 20.1. The molecular weight excluding hydrogens is 422 g/mol. The number of aryl methyl sites for hydroxylation is 1. The van der Waals surface area contributed by atoms with Crippen LogP contribution in [0.25, 0.3) is 20.8 Å². The Hall–Kier alpha value is -3.84. The van der Waals surface area contributed by atoms with E-state index in [1.54, 1.807) is 29.5 Å². The highest BCUT2D eigenvalue weighted by Crippen LogP contribution is 2.34. The number of anilines is 1. The fourth-order valence-corrected chi connectivity index (χ4v) is 4.80. The molecule has 0 unspecified atom stereocenters. The summed E-state index contributed by atoms with van der Waals surface area (Å²) in [4.78, 5) is 43.7. The van der Waals surface area contributed by atoms with Crippen LogP contribution < -0.4 is 5.32 Å². The molecule has 0 aliphatic carbocycles. The van der Waals surface area contributed by atoms with E-state index in [9.17, 15) is 14.4 Å². The van der Waals surface area contributed by atoms with E-state index >= 15 is 0 Å². The van der Waals surface area contributed by atoms with Crippen LogP contribution in [0.4, 0.5) is 5.69 Å². The maximum absolute atomic E-state index is 12.7. The average molecular weight is 442 g/mol. The number of thiazole rings is 1. The first-order valence-electron chi connectivity index (χ1n) is 10.2. The third-order valence-corrected chi connectivity index (χ3v) is 6.48. The number of para-hydroxylation sites is 2. The monoisotopic (exact) mass is 441 g/mol. The second-order valence-corrected chi connectivity index (χ2v) is 8.67. The Kier molecular flexibility index (Phi) is 5.03. The molecule has 0 bridgehead atoms. The van der Waals surface area contributed by atoms with Crippen LogP contribution in [0.1, 0.15) is 32.7 Å². The van der Waals surface area contributed by atoms with Crippen molar-refractivity contribution in [2.45, 2.75) is 13.3 Å². The molecular formula is C25H19N3O3S. The number of rotatable bonds is 5. The zero-order chi connectivity index (χ0) is 22.2. The molecule has 4 aromatic rings. The van der Waals surface area contributed by atoms with Gasteiger partial charge in [0.05, 0.1) is 27.0 Å². The Labute approximate surface area is 188 Å². The van der Waals surface area contributed by atoms with Crippen molar-refractivity contribution in [3.8, 4) is 10.6 Å². The number of carbonyl (C=O) groups is 3. The van der Waals surface area contributed by atoms with Gasteiger partial charge in [-0.25, -0.2) is 4.98 Å². The number of carbonyl (C=O) groups excluding carboxylic acids is 3. The van der Waals surface area contributed by atoms with Crippen LogP contribution in [-0.2, 0) is 4.79 Å². The second kappa shape index (κ2) is 8.01. The zero-order valence-corrected chi connectivity index (χ0v) is 18.1. The van der Waals surface area contributed by atoms with Gasteiger partial charge in [0.2, 0.25) is 5.91 Å².